The lowest BCUT2D eigenvalue weighted by Crippen LogP contribution is -2.39. The lowest BCUT2D eigenvalue weighted by atomic mass is 9.95. The van der Waals surface area contributed by atoms with Crippen LogP contribution in [0, 0.1) is 12.7 Å². The number of halogens is 2. The van der Waals surface area contributed by atoms with E-state index in [0.717, 1.165) is 48.4 Å². The van der Waals surface area contributed by atoms with Gasteiger partial charge < -0.3 is 14.6 Å². The summed E-state index contributed by atoms with van der Waals surface area (Å²) in [6.07, 6.45) is 4.34. The molecule has 3 atom stereocenters. The topological polar surface area (TPSA) is 59.0 Å². The van der Waals surface area contributed by atoms with Crippen molar-refractivity contribution in [3.05, 3.63) is 69.0 Å². The molecule has 210 valence electrons. The zero-order valence-corrected chi connectivity index (χ0v) is 24.0. The number of aliphatic hydroxyl groups excluding tert-OH is 1. The third-order valence-corrected chi connectivity index (χ3v) is 7.81. The average Bonchev–Trinajstić information content (AvgIpc) is 3.32. The van der Waals surface area contributed by atoms with Crippen molar-refractivity contribution in [2.45, 2.75) is 90.9 Å². The maximum absolute atomic E-state index is 14.5. The zero-order valence-electron chi connectivity index (χ0n) is 23.3. The Labute approximate surface area is 232 Å². The fraction of sp³-hybridized carbons (Fsp3) is 0.581. The summed E-state index contributed by atoms with van der Waals surface area (Å²) in [5, 5.41) is 11.7. The predicted octanol–water partition coefficient (Wildman–Crippen LogP) is 6.38. The highest BCUT2D eigenvalue weighted by atomic mass is 35.5. The highest BCUT2D eigenvalue weighted by Crippen LogP contribution is 2.29. The summed E-state index contributed by atoms with van der Waals surface area (Å²) in [5.41, 5.74) is 4.60. The van der Waals surface area contributed by atoms with Crippen molar-refractivity contribution in [3.63, 3.8) is 0 Å². The summed E-state index contributed by atoms with van der Waals surface area (Å²) in [4.78, 5) is 14.3. The number of nitrogens with zero attached hydrogens (tertiary/aromatic N) is 1. The SMILES string of the molecule is CCOC(=O)CCc1cc(C)c(F)cc1[C@@H](CC)OC[C@H](O)CN1CCC[C@H]1Cc1ccc(Cl)c(CC)c1. The number of hydrogen-bond acceptors (Lipinski definition) is 5. The molecule has 0 spiro atoms. The number of benzene rings is 2. The third-order valence-electron chi connectivity index (χ3n) is 7.44. The van der Waals surface area contributed by atoms with Crippen LogP contribution in [0.1, 0.15) is 80.4 Å². The molecule has 1 saturated heterocycles. The van der Waals surface area contributed by atoms with Gasteiger partial charge in [0.1, 0.15) is 5.82 Å². The number of rotatable bonds is 14. The van der Waals surface area contributed by atoms with Crippen molar-refractivity contribution in [3.8, 4) is 0 Å². The first-order valence-electron chi connectivity index (χ1n) is 14.0. The van der Waals surface area contributed by atoms with Gasteiger partial charge >= 0.3 is 5.97 Å². The summed E-state index contributed by atoms with van der Waals surface area (Å²) >= 11 is 6.30. The van der Waals surface area contributed by atoms with Gasteiger partial charge in [-0.15, -0.1) is 0 Å². The molecule has 0 aromatic heterocycles. The van der Waals surface area contributed by atoms with E-state index in [1.807, 2.05) is 13.0 Å². The van der Waals surface area contributed by atoms with Crippen molar-refractivity contribution in [1.29, 1.82) is 0 Å². The van der Waals surface area contributed by atoms with Gasteiger partial charge in [0.05, 0.1) is 25.4 Å². The summed E-state index contributed by atoms with van der Waals surface area (Å²) in [7, 11) is 0. The highest BCUT2D eigenvalue weighted by Gasteiger charge is 2.27. The first-order chi connectivity index (χ1) is 18.2. The van der Waals surface area contributed by atoms with Crippen LogP contribution in [0.15, 0.2) is 30.3 Å². The lowest BCUT2D eigenvalue weighted by Gasteiger charge is -2.28. The Morgan fingerprint density at radius 1 is 1.21 bits per heavy atom. The Morgan fingerprint density at radius 2 is 2.00 bits per heavy atom. The molecule has 0 saturated carbocycles. The van der Waals surface area contributed by atoms with Gasteiger partial charge in [-0.3, -0.25) is 9.69 Å². The Hall–Kier alpha value is -1.99. The van der Waals surface area contributed by atoms with Gasteiger partial charge in [-0.2, -0.15) is 0 Å². The molecule has 1 heterocycles. The van der Waals surface area contributed by atoms with E-state index in [-0.39, 0.29) is 30.9 Å². The van der Waals surface area contributed by atoms with Crippen molar-refractivity contribution >= 4 is 17.6 Å². The van der Waals surface area contributed by atoms with Crippen LogP contribution < -0.4 is 0 Å². The molecule has 0 radical (unpaired) electrons. The van der Waals surface area contributed by atoms with Gasteiger partial charge in [0.15, 0.2) is 0 Å². The molecule has 38 heavy (non-hydrogen) atoms. The van der Waals surface area contributed by atoms with E-state index in [0.29, 0.717) is 37.6 Å². The second-order valence-electron chi connectivity index (χ2n) is 10.3. The monoisotopic (exact) mass is 547 g/mol. The van der Waals surface area contributed by atoms with Crippen molar-refractivity contribution in [1.82, 2.24) is 4.90 Å². The number of β-amino-alcohol motifs (C(OH)–C–C–N with tert-alkyl or cyclic N) is 1. The van der Waals surface area contributed by atoms with Crippen LogP contribution in [0.25, 0.3) is 0 Å². The van der Waals surface area contributed by atoms with Gasteiger partial charge in [-0.25, -0.2) is 4.39 Å². The molecule has 1 fully saturated rings. The lowest BCUT2D eigenvalue weighted by molar-refractivity contribution is -0.143. The van der Waals surface area contributed by atoms with Gasteiger partial charge in [0.2, 0.25) is 0 Å². The standard InChI is InChI=1S/C31H43ClFNO4/c1-5-23-16-22(10-12-28(23)32)17-25-9-8-14-34(25)19-26(35)20-38-30(6-2)27-18-29(33)21(4)15-24(27)11-13-31(36)37-7-3/h10,12,15-16,18,25-26,30,35H,5-9,11,13-14,17,19-20H2,1-4H3/t25-,26+,30+/m0/s1. The van der Waals surface area contributed by atoms with E-state index < -0.39 is 6.10 Å². The van der Waals surface area contributed by atoms with E-state index in [1.54, 1.807) is 19.9 Å². The van der Waals surface area contributed by atoms with E-state index in [2.05, 4.69) is 24.0 Å². The van der Waals surface area contributed by atoms with Crippen LogP contribution in [-0.4, -0.2) is 54.4 Å². The van der Waals surface area contributed by atoms with Gasteiger partial charge in [-0.1, -0.05) is 43.6 Å². The molecule has 0 aliphatic carbocycles. The van der Waals surface area contributed by atoms with Gasteiger partial charge in [0, 0.05) is 24.0 Å². The summed E-state index contributed by atoms with van der Waals surface area (Å²) in [6.45, 7) is 9.58. The van der Waals surface area contributed by atoms with E-state index in [4.69, 9.17) is 21.1 Å². The molecular formula is C31H43ClFNO4. The summed E-state index contributed by atoms with van der Waals surface area (Å²) < 4.78 is 25.7. The van der Waals surface area contributed by atoms with Crippen LogP contribution in [0.3, 0.4) is 0 Å². The molecule has 1 N–H and O–H groups in total. The molecule has 0 amide bonds. The average molecular weight is 548 g/mol. The van der Waals surface area contributed by atoms with Crippen molar-refractivity contribution < 1.29 is 23.8 Å². The number of carbonyl (C=O) groups is 1. The van der Waals surface area contributed by atoms with Crippen LogP contribution in [0.4, 0.5) is 4.39 Å². The molecule has 1 aliphatic rings. The van der Waals surface area contributed by atoms with Gasteiger partial charge in [-0.05, 0) is 98.9 Å². The number of aliphatic hydroxyl groups is 1. The first-order valence-corrected chi connectivity index (χ1v) is 14.4. The fourth-order valence-electron chi connectivity index (χ4n) is 5.39. The van der Waals surface area contributed by atoms with Crippen molar-refractivity contribution in [2.24, 2.45) is 0 Å². The maximum atomic E-state index is 14.5. The van der Waals surface area contributed by atoms with Crippen LogP contribution in [0.5, 0.6) is 0 Å². The minimum absolute atomic E-state index is 0.162. The summed E-state index contributed by atoms with van der Waals surface area (Å²) in [6, 6.07) is 9.97. The molecule has 3 rings (SSSR count). The maximum Gasteiger partial charge on any atom is 0.306 e. The molecule has 2 aromatic carbocycles. The number of esters is 1. The summed E-state index contributed by atoms with van der Waals surface area (Å²) in [5.74, 6) is -0.565. The van der Waals surface area contributed by atoms with Crippen molar-refractivity contribution in [2.75, 3.05) is 26.3 Å². The first kappa shape index (κ1) is 30.6. The minimum Gasteiger partial charge on any atom is -0.466 e. The second-order valence-corrected chi connectivity index (χ2v) is 10.7. The number of carbonyl (C=O) groups excluding carboxylic acids is 1. The largest absolute Gasteiger partial charge is 0.466 e. The van der Waals surface area contributed by atoms with Crippen LogP contribution >= 0.6 is 11.6 Å². The quantitative estimate of drug-likeness (QED) is 0.278. The normalized spacial score (nSPS) is 17.5. The number of aryl methyl sites for hydroxylation is 3. The Kier molecular flexibility index (Phi) is 12.0. The molecule has 2 aromatic rings. The molecular weight excluding hydrogens is 505 g/mol. The van der Waals surface area contributed by atoms with Crippen LogP contribution in [-0.2, 0) is 33.5 Å². The number of likely N-dealkylation sites (tertiary alicyclic amines) is 1. The van der Waals surface area contributed by atoms with E-state index >= 15 is 0 Å². The van der Waals surface area contributed by atoms with E-state index in [9.17, 15) is 14.3 Å². The number of ether oxygens (including phenoxy) is 2. The Bertz CT molecular complexity index is 1060. The molecule has 7 heteroatoms. The Morgan fingerprint density at radius 3 is 2.71 bits per heavy atom. The smallest absolute Gasteiger partial charge is 0.306 e. The fourth-order valence-corrected chi connectivity index (χ4v) is 5.64. The second kappa shape index (κ2) is 15.0. The zero-order chi connectivity index (χ0) is 27.7. The van der Waals surface area contributed by atoms with Gasteiger partial charge in [0.25, 0.3) is 0 Å². The van der Waals surface area contributed by atoms with Crippen LogP contribution in [0.2, 0.25) is 5.02 Å². The van der Waals surface area contributed by atoms with E-state index in [1.165, 1.54) is 17.2 Å². The predicted molar refractivity (Wildman–Crippen MR) is 150 cm³/mol. The molecule has 0 bridgehead atoms. The molecule has 1 aliphatic heterocycles. The molecule has 0 unspecified atom stereocenters. The number of hydrogen-bond donors (Lipinski definition) is 1. The molecule has 5 nitrogen and oxygen atoms in total. The third kappa shape index (κ3) is 8.51. The minimum atomic E-state index is -0.653. The Balaban J connectivity index is 1.60. The highest BCUT2D eigenvalue weighted by molar-refractivity contribution is 6.31.